The lowest BCUT2D eigenvalue weighted by Gasteiger charge is -2.05. The minimum atomic E-state index is 0.208. The fourth-order valence-corrected chi connectivity index (χ4v) is 3.01. The molecule has 0 saturated heterocycles. The van der Waals surface area contributed by atoms with Gasteiger partial charge in [-0.05, 0) is 42.7 Å². The van der Waals surface area contributed by atoms with Gasteiger partial charge in [-0.2, -0.15) is 4.52 Å². The fraction of sp³-hybridized carbons (Fsp3) is 0.190. The molecule has 0 amide bonds. The first-order valence-electron chi connectivity index (χ1n) is 8.57. The van der Waals surface area contributed by atoms with E-state index in [9.17, 15) is 4.79 Å². The van der Waals surface area contributed by atoms with Crippen molar-refractivity contribution in [3.8, 4) is 11.5 Å². The van der Waals surface area contributed by atoms with E-state index in [1.807, 2.05) is 62.4 Å². The van der Waals surface area contributed by atoms with Gasteiger partial charge in [0.2, 0.25) is 11.6 Å². The lowest BCUT2D eigenvalue weighted by Crippen LogP contribution is -2.07. The summed E-state index contributed by atoms with van der Waals surface area (Å²) in [6, 6.07) is 15.8. The summed E-state index contributed by atoms with van der Waals surface area (Å²) in [5, 5.41) is 4.42. The predicted octanol–water partition coefficient (Wildman–Crippen LogP) is 3.96. The van der Waals surface area contributed by atoms with Gasteiger partial charge < -0.3 is 4.42 Å². The summed E-state index contributed by atoms with van der Waals surface area (Å²) < 4.78 is 7.39. The van der Waals surface area contributed by atoms with Gasteiger partial charge in [-0.25, -0.2) is 4.98 Å². The van der Waals surface area contributed by atoms with Gasteiger partial charge in [-0.15, -0.1) is 5.10 Å². The normalized spacial score (nSPS) is 11.2. The predicted molar refractivity (Wildman–Crippen MR) is 99.0 cm³/mol. The summed E-state index contributed by atoms with van der Waals surface area (Å²) in [5.41, 5.74) is 4.73. The van der Waals surface area contributed by atoms with Crippen LogP contribution in [0.25, 0.3) is 17.2 Å². The maximum atomic E-state index is 12.4. The van der Waals surface area contributed by atoms with E-state index in [-0.39, 0.29) is 5.78 Å². The third kappa shape index (κ3) is 3.16. The minimum Gasteiger partial charge on any atom is -0.417 e. The molecule has 0 saturated carbocycles. The zero-order valence-electron chi connectivity index (χ0n) is 14.8. The van der Waals surface area contributed by atoms with Crippen LogP contribution in [0.2, 0.25) is 0 Å². The van der Waals surface area contributed by atoms with Gasteiger partial charge >= 0.3 is 0 Å². The zero-order chi connectivity index (χ0) is 18.1. The number of ketones is 1. The molecular formula is C21H19N3O2. The number of carbonyl (C=O) groups is 1. The van der Waals surface area contributed by atoms with E-state index in [2.05, 4.69) is 10.1 Å². The van der Waals surface area contributed by atoms with Crippen LogP contribution in [0, 0.1) is 13.8 Å². The number of nitrogens with zero attached hydrogens (tertiary/aromatic N) is 3. The number of aryl methyl sites for hydroxylation is 2. The smallest absolute Gasteiger partial charge is 0.246 e. The Morgan fingerprint density at radius 2 is 1.81 bits per heavy atom. The Balaban J connectivity index is 1.47. The first kappa shape index (κ1) is 16.3. The third-order valence-corrected chi connectivity index (χ3v) is 4.52. The van der Waals surface area contributed by atoms with Crippen LogP contribution in [0.5, 0.6) is 0 Å². The summed E-state index contributed by atoms with van der Waals surface area (Å²) in [7, 11) is 0. The minimum absolute atomic E-state index is 0.208. The van der Waals surface area contributed by atoms with E-state index in [0.717, 1.165) is 28.1 Å². The number of imidazole rings is 1. The van der Waals surface area contributed by atoms with Gasteiger partial charge in [-0.3, -0.25) is 4.79 Å². The Morgan fingerprint density at radius 3 is 2.54 bits per heavy atom. The Hall–Kier alpha value is -3.21. The van der Waals surface area contributed by atoms with Crippen LogP contribution in [-0.2, 0) is 17.6 Å². The Kier molecular flexibility index (Phi) is 4.13. The molecule has 0 aliphatic rings. The molecule has 2 heterocycles. The van der Waals surface area contributed by atoms with Crippen LogP contribution in [0.1, 0.15) is 22.5 Å². The van der Waals surface area contributed by atoms with Gasteiger partial charge in [0.15, 0.2) is 0 Å². The van der Waals surface area contributed by atoms with Crippen LogP contribution in [-0.4, -0.2) is 20.4 Å². The van der Waals surface area contributed by atoms with Crippen molar-refractivity contribution in [2.24, 2.45) is 0 Å². The van der Waals surface area contributed by atoms with Crippen molar-refractivity contribution in [2.75, 3.05) is 0 Å². The van der Waals surface area contributed by atoms with E-state index in [0.29, 0.717) is 24.4 Å². The number of fused-ring (bicyclic) bond motifs is 1. The molecule has 0 unspecified atom stereocenters. The van der Waals surface area contributed by atoms with Crippen molar-refractivity contribution < 1.29 is 9.21 Å². The largest absolute Gasteiger partial charge is 0.417 e. The van der Waals surface area contributed by atoms with Gasteiger partial charge in [0.1, 0.15) is 11.6 Å². The van der Waals surface area contributed by atoms with E-state index in [1.54, 1.807) is 10.7 Å². The zero-order valence-corrected chi connectivity index (χ0v) is 14.8. The topological polar surface area (TPSA) is 60.4 Å². The van der Waals surface area contributed by atoms with E-state index in [1.165, 1.54) is 0 Å². The number of Topliss-reactive ketones (excluding diaryl/α,β-unsaturated/α-hetero) is 1. The molecule has 0 spiro atoms. The monoisotopic (exact) mass is 345 g/mol. The van der Waals surface area contributed by atoms with Crippen molar-refractivity contribution in [3.63, 3.8) is 0 Å². The number of aromatic nitrogens is 3. The number of benzene rings is 2. The van der Waals surface area contributed by atoms with Crippen LogP contribution in [0.3, 0.4) is 0 Å². The molecule has 130 valence electrons. The maximum Gasteiger partial charge on any atom is 0.246 e. The van der Waals surface area contributed by atoms with Crippen molar-refractivity contribution in [3.05, 3.63) is 77.2 Å². The van der Waals surface area contributed by atoms with Gasteiger partial charge in [0.05, 0.1) is 6.20 Å². The van der Waals surface area contributed by atoms with E-state index < -0.39 is 0 Å². The highest BCUT2D eigenvalue weighted by atomic mass is 16.4. The standard InChI is InChI=1S/C21H19N3O2/c1-14-5-3-4-6-18(14)12-19(25)11-16-7-9-17(10-8-16)21-23-24-15(2)22-13-20(24)26-21/h3-10,13H,11-12H2,1-2H3. The fourth-order valence-electron chi connectivity index (χ4n) is 3.01. The SMILES string of the molecule is Cc1ccccc1CC(=O)Cc1ccc(-c2nn3c(C)ncc3o2)cc1. The van der Waals surface area contributed by atoms with E-state index in [4.69, 9.17) is 4.42 Å². The third-order valence-electron chi connectivity index (χ3n) is 4.52. The van der Waals surface area contributed by atoms with Gasteiger partial charge in [-0.1, -0.05) is 36.4 Å². The molecule has 26 heavy (non-hydrogen) atoms. The number of hydrogen-bond donors (Lipinski definition) is 0. The highest BCUT2D eigenvalue weighted by Crippen LogP contribution is 2.21. The van der Waals surface area contributed by atoms with Crippen LogP contribution >= 0.6 is 0 Å². The summed E-state index contributed by atoms with van der Waals surface area (Å²) in [6.07, 6.45) is 2.54. The van der Waals surface area contributed by atoms with Crippen LogP contribution in [0.4, 0.5) is 0 Å². The molecule has 0 radical (unpaired) electrons. The molecule has 0 fully saturated rings. The van der Waals surface area contributed by atoms with Crippen LogP contribution in [0.15, 0.2) is 59.1 Å². The average molecular weight is 345 g/mol. The number of hydrogen-bond acceptors (Lipinski definition) is 4. The summed E-state index contributed by atoms with van der Waals surface area (Å²) in [5.74, 6) is 1.54. The van der Waals surface area contributed by atoms with Crippen molar-refractivity contribution in [1.29, 1.82) is 0 Å². The molecule has 0 atom stereocenters. The Labute approximate surface area is 151 Å². The second kappa shape index (κ2) is 6.59. The maximum absolute atomic E-state index is 12.4. The molecule has 4 aromatic rings. The quantitative estimate of drug-likeness (QED) is 0.549. The molecule has 0 aliphatic heterocycles. The average Bonchev–Trinajstić information content (AvgIpc) is 3.20. The second-order valence-electron chi connectivity index (χ2n) is 6.48. The summed E-state index contributed by atoms with van der Waals surface area (Å²) in [4.78, 5) is 16.5. The molecule has 5 nitrogen and oxygen atoms in total. The molecule has 4 rings (SSSR count). The van der Waals surface area contributed by atoms with E-state index >= 15 is 0 Å². The van der Waals surface area contributed by atoms with Crippen molar-refractivity contribution in [2.45, 2.75) is 26.7 Å². The second-order valence-corrected chi connectivity index (χ2v) is 6.48. The highest BCUT2D eigenvalue weighted by Gasteiger charge is 2.12. The lowest BCUT2D eigenvalue weighted by molar-refractivity contribution is -0.117. The highest BCUT2D eigenvalue weighted by molar-refractivity contribution is 5.83. The Bertz CT molecular complexity index is 1070. The lowest BCUT2D eigenvalue weighted by atomic mass is 9.99. The molecule has 5 heteroatoms. The number of carbonyl (C=O) groups excluding carboxylic acids is 1. The van der Waals surface area contributed by atoms with Crippen molar-refractivity contribution in [1.82, 2.24) is 14.6 Å². The molecule has 2 aromatic carbocycles. The van der Waals surface area contributed by atoms with Gasteiger partial charge in [0.25, 0.3) is 0 Å². The first-order chi connectivity index (χ1) is 12.6. The number of rotatable bonds is 5. The molecule has 0 bridgehead atoms. The summed E-state index contributed by atoms with van der Waals surface area (Å²) >= 11 is 0. The Morgan fingerprint density at radius 1 is 1.04 bits per heavy atom. The molecule has 0 aliphatic carbocycles. The molecule has 2 aromatic heterocycles. The van der Waals surface area contributed by atoms with Crippen molar-refractivity contribution >= 4 is 11.5 Å². The van der Waals surface area contributed by atoms with Crippen LogP contribution < -0.4 is 0 Å². The molecule has 0 N–H and O–H groups in total. The molecular weight excluding hydrogens is 326 g/mol. The first-order valence-corrected chi connectivity index (χ1v) is 8.57. The summed E-state index contributed by atoms with van der Waals surface area (Å²) in [6.45, 7) is 3.91. The van der Waals surface area contributed by atoms with Gasteiger partial charge in [0, 0.05) is 18.4 Å².